The summed E-state index contributed by atoms with van der Waals surface area (Å²) in [7, 11) is 0. The minimum absolute atomic E-state index is 0.881. The van der Waals surface area contributed by atoms with Gasteiger partial charge in [0, 0.05) is 18.0 Å². The van der Waals surface area contributed by atoms with E-state index >= 15 is 0 Å². The summed E-state index contributed by atoms with van der Waals surface area (Å²) in [6, 6.07) is 2.02. The van der Waals surface area contributed by atoms with Crippen molar-refractivity contribution < 1.29 is 0 Å². The van der Waals surface area contributed by atoms with Crippen LogP contribution in [0.3, 0.4) is 0 Å². The van der Waals surface area contributed by atoms with Crippen molar-refractivity contribution in [2.24, 2.45) is 0 Å². The Bertz CT molecular complexity index is 477. The molecule has 0 radical (unpaired) electrons. The van der Waals surface area contributed by atoms with Gasteiger partial charge in [0.25, 0.3) is 0 Å². The van der Waals surface area contributed by atoms with Crippen LogP contribution < -0.4 is 0 Å². The minimum atomic E-state index is 0.881. The van der Waals surface area contributed by atoms with Crippen LogP contribution in [0.25, 0.3) is 11.3 Å². The van der Waals surface area contributed by atoms with Crippen molar-refractivity contribution in [1.29, 1.82) is 0 Å². The second-order valence-corrected chi connectivity index (χ2v) is 3.55. The number of hydrogen-bond acceptors (Lipinski definition) is 3. The summed E-state index contributed by atoms with van der Waals surface area (Å²) in [5.74, 6) is 5.95. The highest BCUT2D eigenvalue weighted by Gasteiger charge is 2.04. The topological polar surface area (TPSA) is 25.8 Å². The Hall–Kier alpha value is -1.66. The maximum absolute atomic E-state index is 4.24. The standard InChI is InChI=1S/C11H8N2S/c1-2-3-11-9(4-7-14-11)10-8-12-5-6-13-10/h4-8H,1H3. The lowest BCUT2D eigenvalue weighted by atomic mass is 10.2. The molecule has 2 heterocycles. The fourth-order valence-electron chi connectivity index (χ4n) is 1.16. The molecule has 3 heteroatoms. The summed E-state index contributed by atoms with van der Waals surface area (Å²) in [5.41, 5.74) is 1.95. The molecule has 0 saturated carbocycles. The Balaban J connectivity index is 2.50. The van der Waals surface area contributed by atoms with Crippen molar-refractivity contribution in [2.75, 3.05) is 0 Å². The van der Waals surface area contributed by atoms with Crippen LogP contribution in [0, 0.1) is 11.8 Å². The fourth-order valence-corrected chi connectivity index (χ4v) is 1.96. The minimum Gasteiger partial charge on any atom is -0.261 e. The van der Waals surface area contributed by atoms with E-state index in [0.29, 0.717) is 0 Å². The van der Waals surface area contributed by atoms with E-state index in [-0.39, 0.29) is 0 Å². The molecule has 68 valence electrons. The van der Waals surface area contributed by atoms with Gasteiger partial charge < -0.3 is 0 Å². The molecule has 0 spiro atoms. The first kappa shape index (κ1) is 8.92. The molecule has 0 unspecified atom stereocenters. The third-order valence-electron chi connectivity index (χ3n) is 1.74. The number of rotatable bonds is 1. The van der Waals surface area contributed by atoms with E-state index < -0.39 is 0 Å². The number of hydrogen-bond donors (Lipinski definition) is 0. The molecule has 2 rings (SSSR count). The van der Waals surface area contributed by atoms with Gasteiger partial charge in [0.1, 0.15) is 0 Å². The van der Waals surface area contributed by atoms with Gasteiger partial charge in [-0.15, -0.1) is 17.3 Å². The lowest BCUT2D eigenvalue weighted by Gasteiger charge is -1.95. The quantitative estimate of drug-likeness (QED) is 0.661. The summed E-state index contributed by atoms with van der Waals surface area (Å²) >= 11 is 1.63. The Morgan fingerprint density at radius 2 is 2.29 bits per heavy atom. The summed E-state index contributed by atoms with van der Waals surface area (Å²) in [4.78, 5) is 9.33. The van der Waals surface area contributed by atoms with Crippen molar-refractivity contribution in [3.8, 4) is 23.1 Å². The fraction of sp³-hybridized carbons (Fsp3) is 0.0909. The van der Waals surface area contributed by atoms with Crippen molar-refractivity contribution >= 4 is 11.3 Å². The molecule has 2 nitrogen and oxygen atoms in total. The summed E-state index contributed by atoms with van der Waals surface area (Å²) in [6.45, 7) is 1.83. The van der Waals surface area contributed by atoms with Crippen molar-refractivity contribution in [2.45, 2.75) is 6.92 Å². The summed E-state index contributed by atoms with van der Waals surface area (Å²) in [5, 5.41) is 2.02. The molecule has 0 amide bonds. The van der Waals surface area contributed by atoms with E-state index in [0.717, 1.165) is 16.1 Å². The SMILES string of the molecule is CC#Cc1sccc1-c1cnccn1. The molecular weight excluding hydrogens is 192 g/mol. The van der Waals surface area contributed by atoms with Gasteiger partial charge >= 0.3 is 0 Å². The summed E-state index contributed by atoms with van der Waals surface area (Å²) in [6.07, 6.45) is 5.11. The van der Waals surface area contributed by atoms with Crippen LogP contribution in [0.1, 0.15) is 11.8 Å². The highest BCUT2D eigenvalue weighted by atomic mass is 32.1. The van der Waals surface area contributed by atoms with Gasteiger partial charge in [-0.3, -0.25) is 9.97 Å². The van der Waals surface area contributed by atoms with Crippen LogP contribution in [0.5, 0.6) is 0 Å². The zero-order valence-corrected chi connectivity index (χ0v) is 8.51. The van der Waals surface area contributed by atoms with Gasteiger partial charge in [-0.25, -0.2) is 0 Å². The molecular formula is C11H8N2S. The average molecular weight is 200 g/mol. The Labute approximate surface area is 86.7 Å². The van der Waals surface area contributed by atoms with E-state index in [9.17, 15) is 0 Å². The Morgan fingerprint density at radius 1 is 1.36 bits per heavy atom. The molecule has 0 bridgehead atoms. The molecule has 0 atom stereocenters. The third kappa shape index (κ3) is 1.66. The van der Waals surface area contributed by atoms with Crippen LogP contribution in [0.15, 0.2) is 30.0 Å². The van der Waals surface area contributed by atoms with E-state index in [1.165, 1.54) is 0 Å². The predicted molar refractivity (Wildman–Crippen MR) is 57.9 cm³/mol. The maximum atomic E-state index is 4.24. The Kier molecular flexibility index (Phi) is 2.57. The molecule has 0 N–H and O–H groups in total. The van der Waals surface area contributed by atoms with Gasteiger partial charge in [-0.05, 0) is 18.4 Å². The molecule has 14 heavy (non-hydrogen) atoms. The van der Waals surface area contributed by atoms with Crippen LogP contribution >= 0.6 is 11.3 Å². The number of aromatic nitrogens is 2. The molecule has 0 aliphatic heterocycles. The first-order valence-electron chi connectivity index (χ1n) is 4.18. The van der Waals surface area contributed by atoms with E-state index in [2.05, 4.69) is 21.8 Å². The Morgan fingerprint density at radius 3 is 3.00 bits per heavy atom. The average Bonchev–Trinajstić information content (AvgIpc) is 2.68. The highest BCUT2D eigenvalue weighted by molar-refractivity contribution is 7.11. The van der Waals surface area contributed by atoms with Crippen LogP contribution in [0.4, 0.5) is 0 Å². The molecule has 0 fully saturated rings. The van der Waals surface area contributed by atoms with Gasteiger partial charge in [0.05, 0.1) is 16.8 Å². The molecule has 0 aromatic carbocycles. The molecule has 0 saturated heterocycles. The summed E-state index contributed by atoms with van der Waals surface area (Å²) < 4.78 is 0. The van der Waals surface area contributed by atoms with Crippen LogP contribution in [0.2, 0.25) is 0 Å². The first-order chi connectivity index (χ1) is 6.92. The monoisotopic (exact) mass is 200 g/mol. The van der Waals surface area contributed by atoms with Crippen molar-refractivity contribution in [3.63, 3.8) is 0 Å². The normalized spacial score (nSPS) is 9.21. The van der Waals surface area contributed by atoms with Crippen LogP contribution in [-0.4, -0.2) is 9.97 Å². The lowest BCUT2D eigenvalue weighted by molar-refractivity contribution is 1.21. The molecule has 0 aliphatic carbocycles. The zero-order valence-electron chi connectivity index (χ0n) is 7.69. The number of thiophene rings is 1. The first-order valence-corrected chi connectivity index (χ1v) is 5.06. The third-order valence-corrected chi connectivity index (χ3v) is 2.57. The maximum Gasteiger partial charge on any atom is 0.0906 e. The van der Waals surface area contributed by atoms with Gasteiger partial charge in [-0.1, -0.05) is 5.92 Å². The molecule has 2 aromatic rings. The van der Waals surface area contributed by atoms with E-state index in [1.807, 2.05) is 18.4 Å². The second kappa shape index (κ2) is 4.03. The molecule has 0 aliphatic rings. The van der Waals surface area contributed by atoms with Crippen molar-refractivity contribution in [1.82, 2.24) is 9.97 Å². The highest BCUT2D eigenvalue weighted by Crippen LogP contribution is 2.24. The van der Waals surface area contributed by atoms with Crippen LogP contribution in [-0.2, 0) is 0 Å². The largest absolute Gasteiger partial charge is 0.261 e. The van der Waals surface area contributed by atoms with Gasteiger partial charge in [-0.2, -0.15) is 0 Å². The number of nitrogens with zero attached hydrogens (tertiary/aromatic N) is 2. The predicted octanol–water partition coefficient (Wildman–Crippen LogP) is 2.58. The van der Waals surface area contributed by atoms with E-state index in [1.54, 1.807) is 29.9 Å². The second-order valence-electron chi connectivity index (χ2n) is 2.63. The van der Waals surface area contributed by atoms with Crippen molar-refractivity contribution in [3.05, 3.63) is 34.9 Å². The molecule has 2 aromatic heterocycles. The van der Waals surface area contributed by atoms with Gasteiger partial charge in [0.2, 0.25) is 0 Å². The zero-order chi connectivity index (χ0) is 9.80. The van der Waals surface area contributed by atoms with Gasteiger partial charge in [0.15, 0.2) is 0 Å². The lowest BCUT2D eigenvalue weighted by Crippen LogP contribution is -1.83. The van der Waals surface area contributed by atoms with E-state index in [4.69, 9.17) is 0 Å². The smallest absolute Gasteiger partial charge is 0.0906 e.